The molecule has 0 spiro atoms. The van der Waals surface area contributed by atoms with Crippen LogP contribution >= 0.6 is 0 Å². The monoisotopic (exact) mass is 268 g/mol. The predicted octanol–water partition coefficient (Wildman–Crippen LogP) is 4.50. The molecule has 0 aromatic heterocycles. The van der Waals surface area contributed by atoms with Crippen LogP contribution in [0.3, 0.4) is 0 Å². The van der Waals surface area contributed by atoms with Crippen LogP contribution in [0.15, 0.2) is 30.3 Å². The molecule has 0 amide bonds. The van der Waals surface area contributed by atoms with Crippen LogP contribution in [-0.4, -0.2) is 12.2 Å². The number of hydrogen-bond donors (Lipinski definition) is 1. The van der Waals surface area contributed by atoms with E-state index in [1.807, 2.05) is 12.1 Å². The van der Waals surface area contributed by atoms with Crippen molar-refractivity contribution in [3.63, 3.8) is 0 Å². The van der Waals surface area contributed by atoms with E-state index < -0.39 is 0 Å². The molecule has 0 saturated carbocycles. The average molecular weight is 268 g/mol. The normalized spacial score (nSPS) is 11.0. The van der Waals surface area contributed by atoms with E-state index in [4.69, 9.17) is 4.74 Å². The van der Waals surface area contributed by atoms with Gasteiger partial charge in [-0.1, -0.05) is 30.4 Å². The second-order valence-electron chi connectivity index (χ2n) is 5.04. The van der Waals surface area contributed by atoms with Gasteiger partial charge in [-0.05, 0) is 60.7 Å². The summed E-state index contributed by atoms with van der Waals surface area (Å²) in [5, 5.41) is 9.75. The Morgan fingerprint density at radius 2 is 1.50 bits per heavy atom. The van der Waals surface area contributed by atoms with Crippen molar-refractivity contribution >= 4 is 12.2 Å². The molecule has 1 N–H and O–H groups in total. The van der Waals surface area contributed by atoms with Crippen LogP contribution in [0.2, 0.25) is 0 Å². The van der Waals surface area contributed by atoms with Crippen LogP contribution in [0.1, 0.15) is 27.8 Å². The molecular weight excluding hydrogens is 248 g/mol. The van der Waals surface area contributed by atoms with Crippen molar-refractivity contribution < 1.29 is 9.84 Å². The first kappa shape index (κ1) is 14.2. The Morgan fingerprint density at radius 1 is 0.900 bits per heavy atom. The van der Waals surface area contributed by atoms with E-state index >= 15 is 0 Å². The lowest BCUT2D eigenvalue weighted by atomic mass is 10.00. The minimum absolute atomic E-state index is 0.158. The SMILES string of the molecule is COc1ccc(/C=C/c2cc(C)c(C)c(C)c2)cc1O. The Balaban J connectivity index is 2.27. The summed E-state index contributed by atoms with van der Waals surface area (Å²) < 4.78 is 5.03. The van der Waals surface area contributed by atoms with Crippen LogP contribution in [0.5, 0.6) is 11.5 Å². The molecule has 0 saturated heterocycles. The Hall–Kier alpha value is -2.22. The quantitative estimate of drug-likeness (QED) is 0.831. The van der Waals surface area contributed by atoms with E-state index in [1.165, 1.54) is 22.3 Å². The summed E-state index contributed by atoms with van der Waals surface area (Å²) in [6, 6.07) is 9.72. The molecule has 0 heterocycles. The van der Waals surface area contributed by atoms with Crippen LogP contribution in [0, 0.1) is 20.8 Å². The number of benzene rings is 2. The highest BCUT2D eigenvalue weighted by molar-refractivity contribution is 5.71. The number of hydrogen-bond acceptors (Lipinski definition) is 2. The van der Waals surface area contributed by atoms with E-state index in [0.717, 1.165) is 5.56 Å². The van der Waals surface area contributed by atoms with Crippen molar-refractivity contribution in [1.82, 2.24) is 0 Å². The molecule has 0 unspecified atom stereocenters. The van der Waals surface area contributed by atoms with Gasteiger partial charge in [0.1, 0.15) is 0 Å². The Morgan fingerprint density at radius 3 is 2.05 bits per heavy atom. The molecule has 0 aliphatic carbocycles. The summed E-state index contributed by atoms with van der Waals surface area (Å²) in [7, 11) is 1.54. The van der Waals surface area contributed by atoms with Crippen molar-refractivity contribution in [2.24, 2.45) is 0 Å². The number of phenolic OH excluding ortho intramolecular Hbond substituents is 1. The first-order chi connectivity index (χ1) is 9.51. The topological polar surface area (TPSA) is 29.5 Å². The minimum Gasteiger partial charge on any atom is -0.504 e. The summed E-state index contributed by atoms with van der Waals surface area (Å²) in [4.78, 5) is 0. The lowest BCUT2D eigenvalue weighted by molar-refractivity contribution is 0.373. The molecule has 2 aromatic carbocycles. The van der Waals surface area contributed by atoms with Crippen LogP contribution in [-0.2, 0) is 0 Å². The largest absolute Gasteiger partial charge is 0.504 e. The van der Waals surface area contributed by atoms with Crippen LogP contribution in [0.25, 0.3) is 12.2 Å². The fourth-order valence-electron chi connectivity index (χ4n) is 2.17. The maximum Gasteiger partial charge on any atom is 0.160 e. The minimum atomic E-state index is 0.158. The Kier molecular flexibility index (Phi) is 4.14. The molecule has 20 heavy (non-hydrogen) atoms. The summed E-state index contributed by atoms with van der Waals surface area (Å²) in [5.41, 5.74) is 6.04. The van der Waals surface area contributed by atoms with Gasteiger partial charge in [-0.2, -0.15) is 0 Å². The van der Waals surface area contributed by atoms with Crippen LogP contribution in [0.4, 0.5) is 0 Å². The van der Waals surface area contributed by atoms with Gasteiger partial charge in [0.15, 0.2) is 11.5 Å². The fraction of sp³-hybridized carbons (Fsp3) is 0.222. The van der Waals surface area contributed by atoms with Gasteiger partial charge in [0, 0.05) is 0 Å². The van der Waals surface area contributed by atoms with Gasteiger partial charge in [0.2, 0.25) is 0 Å². The third-order valence-corrected chi connectivity index (χ3v) is 3.62. The number of phenols is 1. The zero-order valence-electron chi connectivity index (χ0n) is 12.4. The third kappa shape index (κ3) is 3.02. The second-order valence-corrected chi connectivity index (χ2v) is 5.04. The van der Waals surface area contributed by atoms with Crippen molar-refractivity contribution in [1.29, 1.82) is 0 Å². The summed E-state index contributed by atoms with van der Waals surface area (Å²) >= 11 is 0. The standard InChI is InChI=1S/C18H20O2/c1-12-9-16(10-13(2)14(12)3)6-5-15-7-8-18(20-4)17(19)11-15/h5-11,19H,1-4H3/b6-5+. The van der Waals surface area contributed by atoms with Crippen molar-refractivity contribution in [3.8, 4) is 11.5 Å². The average Bonchev–Trinajstić information content (AvgIpc) is 2.42. The van der Waals surface area contributed by atoms with Crippen molar-refractivity contribution in [3.05, 3.63) is 58.1 Å². The number of aryl methyl sites for hydroxylation is 2. The maximum absolute atomic E-state index is 9.75. The van der Waals surface area contributed by atoms with E-state index in [2.05, 4.69) is 39.0 Å². The van der Waals surface area contributed by atoms with E-state index in [1.54, 1.807) is 19.2 Å². The van der Waals surface area contributed by atoms with E-state index in [-0.39, 0.29) is 5.75 Å². The second kappa shape index (κ2) is 5.83. The maximum atomic E-state index is 9.75. The number of rotatable bonds is 3. The molecule has 2 heteroatoms. The first-order valence-corrected chi connectivity index (χ1v) is 6.64. The lowest BCUT2D eigenvalue weighted by Gasteiger charge is -2.06. The van der Waals surface area contributed by atoms with Gasteiger partial charge in [-0.25, -0.2) is 0 Å². The highest BCUT2D eigenvalue weighted by Crippen LogP contribution is 2.27. The third-order valence-electron chi connectivity index (χ3n) is 3.62. The molecule has 2 rings (SSSR count). The Labute approximate surface area is 120 Å². The highest BCUT2D eigenvalue weighted by atomic mass is 16.5. The smallest absolute Gasteiger partial charge is 0.160 e. The lowest BCUT2D eigenvalue weighted by Crippen LogP contribution is -1.87. The summed E-state index contributed by atoms with van der Waals surface area (Å²) in [6.45, 7) is 6.39. The number of aromatic hydroxyl groups is 1. The summed E-state index contributed by atoms with van der Waals surface area (Å²) in [6.07, 6.45) is 4.05. The van der Waals surface area contributed by atoms with Gasteiger partial charge in [-0.15, -0.1) is 0 Å². The molecule has 0 bridgehead atoms. The fourth-order valence-corrected chi connectivity index (χ4v) is 2.17. The zero-order valence-corrected chi connectivity index (χ0v) is 12.4. The van der Waals surface area contributed by atoms with E-state index in [9.17, 15) is 5.11 Å². The molecule has 0 radical (unpaired) electrons. The zero-order chi connectivity index (χ0) is 14.7. The van der Waals surface area contributed by atoms with Gasteiger partial charge in [0.25, 0.3) is 0 Å². The van der Waals surface area contributed by atoms with Gasteiger partial charge < -0.3 is 9.84 Å². The molecule has 2 nitrogen and oxygen atoms in total. The Bertz CT molecular complexity index is 631. The molecule has 0 aliphatic heterocycles. The summed E-state index contributed by atoms with van der Waals surface area (Å²) in [5.74, 6) is 0.648. The van der Waals surface area contributed by atoms with Crippen molar-refractivity contribution in [2.75, 3.05) is 7.11 Å². The molecule has 2 aromatic rings. The predicted molar refractivity (Wildman–Crippen MR) is 84.2 cm³/mol. The highest BCUT2D eigenvalue weighted by Gasteiger charge is 2.01. The number of methoxy groups -OCH3 is 1. The van der Waals surface area contributed by atoms with Crippen molar-refractivity contribution in [2.45, 2.75) is 20.8 Å². The van der Waals surface area contributed by atoms with E-state index in [0.29, 0.717) is 5.75 Å². The molecular formula is C18H20O2. The van der Waals surface area contributed by atoms with Gasteiger partial charge in [0.05, 0.1) is 7.11 Å². The molecule has 104 valence electrons. The van der Waals surface area contributed by atoms with Crippen LogP contribution < -0.4 is 4.74 Å². The number of ether oxygens (including phenoxy) is 1. The molecule has 0 fully saturated rings. The molecule has 0 aliphatic rings. The van der Waals surface area contributed by atoms with Gasteiger partial charge >= 0.3 is 0 Å². The first-order valence-electron chi connectivity index (χ1n) is 6.64. The molecule has 0 atom stereocenters. The van der Waals surface area contributed by atoms with Gasteiger partial charge in [-0.3, -0.25) is 0 Å².